The van der Waals surface area contributed by atoms with Gasteiger partial charge in [-0.2, -0.15) is 11.3 Å². The number of phenolic OH excluding ortho intramolecular Hbond substituents is 1. The maximum Gasteiger partial charge on any atom is 0.256 e. The molecular weight excluding hydrogens is 258 g/mol. The number of anilines is 1. The van der Waals surface area contributed by atoms with Gasteiger partial charge in [0.1, 0.15) is 5.75 Å². The van der Waals surface area contributed by atoms with Gasteiger partial charge in [-0.3, -0.25) is 4.79 Å². The highest BCUT2D eigenvalue weighted by molar-refractivity contribution is 7.08. The van der Waals surface area contributed by atoms with Crippen LogP contribution in [0.2, 0.25) is 5.02 Å². The molecule has 0 aliphatic carbocycles. The van der Waals surface area contributed by atoms with Crippen molar-refractivity contribution in [3.05, 3.63) is 45.1 Å². The van der Waals surface area contributed by atoms with Crippen molar-refractivity contribution in [2.24, 2.45) is 0 Å². The highest BCUT2D eigenvalue weighted by atomic mass is 35.5. The summed E-state index contributed by atoms with van der Waals surface area (Å²) in [5.41, 5.74) is 2.06. The molecule has 2 N–H and O–H groups in total. The topological polar surface area (TPSA) is 49.3 Å². The van der Waals surface area contributed by atoms with Gasteiger partial charge in [-0.1, -0.05) is 11.6 Å². The maximum absolute atomic E-state index is 11.9. The number of carbonyl (C=O) groups excluding carboxylic acids is 1. The van der Waals surface area contributed by atoms with Gasteiger partial charge in [-0.25, -0.2) is 0 Å². The van der Waals surface area contributed by atoms with E-state index in [1.165, 1.54) is 23.5 Å². The van der Waals surface area contributed by atoms with E-state index >= 15 is 0 Å². The molecule has 0 spiro atoms. The number of benzene rings is 1. The fourth-order valence-electron chi connectivity index (χ4n) is 1.39. The minimum Gasteiger partial charge on any atom is -0.508 e. The number of carbonyl (C=O) groups is 1. The molecule has 0 unspecified atom stereocenters. The van der Waals surface area contributed by atoms with E-state index in [-0.39, 0.29) is 11.7 Å². The standard InChI is InChI=1S/C12H10ClNO2S/c1-7-5-17-6-9(7)12(16)14-11-3-2-8(15)4-10(11)13/h2-6,15H,1H3,(H,14,16). The number of aromatic hydroxyl groups is 1. The van der Waals surface area contributed by atoms with Crippen molar-refractivity contribution in [2.45, 2.75) is 6.92 Å². The molecule has 0 saturated heterocycles. The summed E-state index contributed by atoms with van der Waals surface area (Å²) in [6, 6.07) is 4.43. The van der Waals surface area contributed by atoms with Crippen molar-refractivity contribution in [1.82, 2.24) is 0 Å². The van der Waals surface area contributed by atoms with Gasteiger partial charge >= 0.3 is 0 Å². The number of aryl methyl sites for hydroxylation is 1. The van der Waals surface area contributed by atoms with Crippen LogP contribution in [-0.2, 0) is 0 Å². The number of hydrogen-bond acceptors (Lipinski definition) is 3. The number of thiophene rings is 1. The van der Waals surface area contributed by atoms with E-state index in [1.54, 1.807) is 11.4 Å². The van der Waals surface area contributed by atoms with Crippen LogP contribution in [0, 0.1) is 6.92 Å². The Labute approximate surface area is 108 Å². The van der Waals surface area contributed by atoms with Crippen molar-refractivity contribution >= 4 is 34.5 Å². The van der Waals surface area contributed by atoms with Crippen LogP contribution in [0.25, 0.3) is 0 Å². The van der Waals surface area contributed by atoms with Gasteiger partial charge in [0.05, 0.1) is 16.3 Å². The Morgan fingerprint density at radius 1 is 1.41 bits per heavy atom. The summed E-state index contributed by atoms with van der Waals surface area (Å²) < 4.78 is 0. The Bertz CT molecular complexity index is 565. The highest BCUT2D eigenvalue weighted by Gasteiger charge is 2.11. The van der Waals surface area contributed by atoms with Gasteiger partial charge in [-0.05, 0) is 30.0 Å². The van der Waals surface area contributed by atoms with E-state index in [1.807, 2.05) is 12.3 Å². The number of nitrogens with one attached hydrogen (secondary N) is 1. The first kappa shape index (κ1) is 12.0. The van der Waals surface area contributed by atoms with Crippen molar-refractivity contribution in [1.29, 1.82) is 0 Å². The summed E-state index contributed by atoms with van der Waals surface area (Å²) in [4.78, 5) is 11.9. The van der Waals surface area contributed by atoms with E-state index in [9.17, 15) is 9.90 Å². The van der Waals surface area contributed by atoms with E-state index in [0.29, 0.717) is 16.3 Å². The Kier molecular flexibility index (Phi) is 3.36. The molecule has 88 valence electrons. The van der Waals surface area contributed by atoms with Crippen molar-refractivity contribution in [3.8, 4) is 5.75 Å². The van der Waals surface area contributed by atoms with Crippen LogP contribution in [0.3, 0.4) is 0 Å². The molecule has 3 nitrogen and oxygen atoms in total. The smallest absolute Gasteiger partial charge is 0.256 e. The van der Waals surface area contributed by atoms with Crippen LogP contribution in [0.1, 0.15) is 15.9 Å². The van der Waals surface area contributed by atoms with Crippen LogP contribution in [0.4, 0.5) is 5.69 Å². The number of amides is 1. The zero-order valence-corrected chi connectivity index (χ0v) is 10.6. The minimum absolute atomic E-state index is 0.0692. The number of hydrogen-bond donors (Lipinski definition) is 2. The molecule has 0 saturated carbocycles. The summed E-state index contributed by atoms with van der Waals surface area (Å²) in [5, 5.41) is 15.9. The lowest BCUT2D eigenvalue weighted by Gasteiger charge is -2.07. The SMILES string of the molecule is Cc1cscc1C(=O)Nc1ccc(O)cc1Cl. The van der Waals surface area contributed by atoms with Gasteiger partial charge in [0, 0.05) is 11.4 Å². The lowest BCUT2D eigenvalue weighted by atomic mass is 10.2. The van der Waals surface area contributed by atoms with Gasteiger partial charge in [-0.15, -0.1) is 0 Å². The third-order valence-electron chi connectivity index (χ3n) is 2.30. The Balaban J connectivity index is 2.22. The van der Waals surface area contributed by atoms with E-state index in [2.05, 4.69) is 5.32 Å². The molecule has 5 heteroatoms. The first-order valence-corrected chi connectivity index (χ1v) is 6.22. The van der Waals surface area contributed by atoms with Crippen LogP contribution < -0.4 is 5.32 Å². The average Bonchev–Trinajstić information content (AvgIpc) is 2.68. The first-order valence-electron chi connectivity index (χ1n) is 4.90. The first-order chi connectivity index (χ1) is 8.08. The molecule has 2 rings (SSSR count). The Morgan fingerprint density at radius 2 is 2.18 bits per heavy atom. The van der Waals surface area contributed by atoms with Crippen LogP contribution in [-0.4, -0.2) is 11.0 Å². The summed E-state index contributed by atoms with van der Waals surface area (Å²) in [7, 11) is 0. The number of rotatable bonds is 2. The van der Waals surface area contributed by atoms with Gasteiger partial charge in [0.15, 0.2) is 0 Å². The maximum atomic E-state index is 11.9. The quantitative estimate of drug-likeness (QED) is 0.816. The second-order valence-corrected chi connectivity index (χ2v) is 4.74. The fourth-order valence-corrected chi connectivity index (χ4v) is 2.44. The molecule has 2 aromatic rings. The predicted octanol–water partition coefficient (Wildman–Crippen LogP) is 3.67. The Morgan fingerprint density at radius 3 is 2.76 bits per heavy atom. The summed E-state index contributed by atoms with van der Waals surface area (Å²) in [6.07, 6.45) is 0. The second-order valence-electron chi connectivity index (χ2n) is 3.59. The molecule has 0 fully saturated rings. The average molecular weight is 268 g/mol. The van der Waals surface area contributed by atoms with Crippen molar-refractivity contribution in [2.75, 3.05) is 5.32 Å². The van der Waals surface area contributed by atoms with E-state index < -0.39 is 0 Å². The lowest BCUT2D eigenvalue weighted by molar-refractivity contribution is 0.102. The third kappa shape index (κ3) is 2.60. The van der Waals surface area contributed by atoms with Crippen molar-refractivity contribution < 1.29 is 9.90 Å². The fraction of sp³-hybridized carbons (Fsp3) is 0.0833. The van der Waals surface area contributed by atoms with Gasteiger partial charge in [0.25, 0.3) is 5.91 Å². The van der Waals surface area contributed by atoms with Gasteiger partial charge in [0.2, 0.25) is 0 Å². The van der Waals surface area contributed by atoms with Crippen LogP contribution in [0.5, 0.6) is 5.75 Å². The lowest BCUT2D eigenvalue weighted by Crippen LogP contribution is -2.12. The van der Waals surface area contributed by atoms with Crippen LogP contribution >= 0.6 is 22.9 Å². The summed E-state index contributed by atoms with van der Waals surface area (Å²) in [5.74, 6) is -0.129. The highest BCUT2D eigenvalue weighted by Crippen LogP contribution is 2.26. The van der Waals surface area contributed by atoms with E-state index in [4.69, 9.17) is 11.6 Å². The predicted molar refractivity (Wildman–Crippen MR) is 70.1 cm³/mol. The summed E-state index contributed by atoms with van der Waals surface area (Å²) >= 11 is 7.38. The molecule has 0 atom stereocenters. The molecule has 1 amide bonds. The van der Waals surface area contributed by atoms with Gasteiger partial charge < -0.3 is 10.4 Å². The van der Waals surface area contributed by atoms with Crippen LogP contribution in [0.15, 0.2) is 29.0 Å². The molecule has 0 aliphatic rings. The van der Waals surface area contributed by atoms with Crippen molar-refractivity contribution in [3.63, 3.8) is 0 Å². The molecule has 0 radical (unpaired) electrons. The number of halogens is 1. The molecular formula is C12H10ClNO2S. The third-order valence-corrected chi connectivity index (χ3v) is 3.48. The molecule has 17 heavy (non-hydrogen) atoms. The monoisotopic (exact) mass is 267 g/mol. The van der Waals surface area contributed by atoms with E-state index in [0.717, 1.165) is 5.56 Å². The molecule has 1 heterocycles. The zero-order valence-electron chi connectivity index (χ0n) is 9.03. The molecule has 1 aromatic carbocycles. The normalized spacial score (nSPS) is 10.2. The molecule has 0 aliphatic heterocycles. The Hall–Kier alpha value is -1.52. The minimum atomic E-state index is -0.198. The second kappa shape index (κ2) is 4.77. The number of phenols is 1. The largest absolute Gasteiger partial charge is 0.508 e. The zero-order chi connectivity index (χ0) is 12.4. The summed E-state index contributed by atoms with van der Waals surface area (Å²) in [6.45, 7) is 1.88. The molecule has 1 aromatic heterocycles. The molecule has 0 bridgehead atoms.